The number of aliphatic hydroxyl groups excluding tert-OH is 2. The van der Waals surface area contributed by atoms with Crippen LogP contribution >= 0.6 is 0 Å². The van der Waals surface area contributed by atoms with Gasteiger partial charge in [0.2, 0.25) is 0 Å². The van der Waals surface area contributed by atoms with Crippen molar-refractivity contribution in [3.63, 3.8) is 0 Å². The van der Waals surface area contributed by atoms with Gasteiger partial charge >= 0.3 is 23.9 Å². The van der Waals surface area contributed by atoms with Gasteiger partial charge in [-0.2, -0.15) is 0 Å². The van der Waals surface area contributed by atoms with Gasteiger partial charge in [-0.15, -0.1) is 0 Å². The molecular weight excluding hydrogens is 1090 g/mol. The Balaban J connectivity index is 2.69. The molecule has 1 aliphatic rings. The molecule has 0 aliphatic carbocycles. The number of aliphatic hydroxyl groups is 2. The Morgan fingerprint density at radius 3 is 1.11 bits per heavy atom. The zero-order valence-corrected chi connectivity index (χ0v) is 54.7. The van der Waals surface area contributed by atoms with Crippen molar-refractivity contribution in [1.29, 1.82) is 0 Å². The molecule has 494 valence electrons. The van der Waals surface area contributed by atoms with Gasteiger partial charge in [-0.05, 0) is 135 Å². The van der Waals surface area contributed by atoms with E-state index < -0.39 is 67.3 Å². The molecule has 1 saturated heterocycles. The normalized spacial score (nSPS) is 18.1. The van der Waals surface area contributed by atoms with E-state index in [4.69, 9.17) is 23.7 Å². The molecule has 0 spiro atoms. The topological polar surface area (TPSA) is 175 Å². The van der Waals surface area contributed by atoms with Crippen molar-refractivity contribution in [2.75, 3.05) is 13.2 Å². The standard InChI is InChI=1S/C75H122O12/c1-4-7-10-13-16-19-22-25-28-31-34-37-40-43-46-49-52-55-58-61-67(76)83-64-66(85-68(77)62-59-56-53-50-47-44-41-38-35-32-29-26-23-20-17-14-11-8-5-2)65-84-75-73(71(80)70(79)72(87-75)74(81)82)86-69(78)63-60-57-54-51-48-45-42-39-36-33-30-27-24-21-18-15-12-9-6-3/h7,10,16-21,25-30,34-35,37-38,43,46,66,70-73,75,79-80H,4-6,8-9,11-15,22-24,31-33,36,39-42,44-45,47-65H2,1-3H3,(H,81,82)/b10-7-,19-16-,20-17-,21-18-,28-25-,29-26-,30-27-,37-34-,38-35-,46-43-. The van der Waals surface area contributed by atoms with Crippen LogP contribution in [0.5, 0.6) is 0 Å². The third-order valence-corrected chi connectivity index (χ3v) is 15.0. The molecule has 1 rings (SSSR count). The molecule has 0 aromatic heterocycles. The van der Waals surface area contributed by atoms with Crippen LogP contribution in [0.2, 0.25) is 0 Å². The van der Waals surface area contributed by atoms with E-state index in [1.165, 1.54) is 77.0 Å². The third kappa shape index (κ3) is 50.7. The summed E-state index contributed by atoms with van der Waals surface area (Å²) in [5, 5.41) is 31.7. The zero-order valence-electron chi connectivity index (χ0n) is 54.7. The van der Waals surface area contributed by atoms with Gasteiger partial charge in [0.15, 0.2) is 24.6 Å². The number of carbonyl (C=O) groups is 4. The van der Waals surface area contributed by atoms with Crippen LogP contribution in [-0.4, -0.2) is 89.2 Å². The molecule has 0 radical (unpaired) electrons. The van der Waals surface area contributed by atoms with E-state index in [9.17, 15) is 34.5 Å². The van der Waals surface area contributed by atoms with Crippen LogP contribution < -0.4 is 0 Å². The zero-order chi connectivity index (χ0) is 63.1. The molecule has 0 saturated carbocycles. The minimum absolute atomic E-state index is 0.0450. The van der Waals surface area contributed by atoms with Gasteiger partial charge in [-0.1, -0.05) is 245 Å². The number of esters is 3. The molecule has 0 aromatic carbocycles. The molecule has 0 aromatic rings. The van der Waals surface area contributed by atoms with Crippen molar-refractivity contribution in [3.8, 4) is 0 Å². The second kappa shape index (κ2) is 61.4. The number of hydrogen-bond acceptors (Lipinski definition) is 11. The molecule has 3 N–H and O–H groups in total. The molecule has 1 heterocycles. The summed E-state index contributed by atoms with van der Waals surface area (Å²) in [5.41, 5.74) is 0. The van der Waals surface area contributed by atoms with Crippen molar-refractivity contribution in [2.45, 2.75) is 314 Å². The van der Waals surface area contributed by atoms with Crippen LogP contribution in [-0.2, 0) is 42.9 Å². The molecule has 6 unspecified atom stereocenters. The Bertz CT molecular complexity index is 1970. The lowest BCUT2D eigenvalue weighted by atomic mass is 9.98. The summed E-state index contributed by atoms with van der Waals surface area (Å²) in [6.07, 6.45) is 72.8. The smallest absolute Gasteiger partial charge is 0.335 e. The van der Waals surface area contributed by atoms with E-state index in [1.807, 2.05) is 0 Å². The number of unbranched alkanes of at least 4 members (excludes halogenated alkanes) is 24. The number of rotatable bonds is 58. The maximum absolute atomic E-state index is 13.2. The van der Waals surface area contributed by atoms with Crippen LogP contribution in [0.25, 0.3) is 0 Å². The number of aliphatic carboxylic acids is 1. The summed E-state index contributed by atoms with van der Waals surface area (Å²) < 4.78 is 28.6. The highest BCUT2D eigenvalue weighted by Gasteiger charge is 2.50. The number of carbonyl (C=O) groups excluding carboxylic acids is 3. The van der Waals surface area contributed by atoms with Crippen LogP contribution in [0.3, 0.4) is 0 Å². The van der Waals surface area contributed by atoms with Crippen LogP contribution in [0, 0.1) is 0 Å². The number of carboxylic acid groups (broad SMARTS) is 1. The van der Waals surface area contributed by atoms with Gasteiger partial charge < -0.3 is 39.0 Å². The Hall–Kier alpha value is -4.88. The lowest BCUT2D eigenvalue weighted by Crippen LogP contribution is -2.61. The first-order valence-corrected chi connectivity index (χ1v) is 34.5. The summed E-state index contributed by atoms with van der Waals surface area (Å²) >= 11 is 0. The van der Waals surface area contributed by atoms with Gasteiger partial charge in [-0.3, -0.25) is 14.4 Å². The number of allylic oxidation sites excluding steroid dienone is 20. The predicted molar refractivity (Wildman–Crippen MR) is 358 cm³/mol. The van der Waals surface area contributed by atoms with Gasteiger partial charge in [0.1, 0.15) is 18.8 Å². The molecule has 12 heteroatoms. The van der Waals surface area contributed by atoms with Crippen molar-refractivity contribution in [1.82, 2.24) is 0 Å². The number of hydrogen-bond donors (Lipinski definition) is 3. The van der Waals surface area contributed by atoms with Gasteiger partial charge in [0, 0.05) is 19.3 Å². The molecule has 1 fully saturated rings. The number of ether oxygens (including phenoxy) is 5. The summed E-state index contributed by atoms with van der Waals surface area (Å²) in [5.74, 6) is -3.19. The van der Waals surface area contributed by atoms with Crippen LogP contribution in [0.4, 0.5) is 0 Å². The van der Waals surface area contributed by atoms with Crippen LogP contribution in [0.1, 0.15) is 278 Å². The molecule has 6 atom stereocenters. The monoisotopic (exact) mass is 1210 g/mol. The van der Waals surface area contributed by atoms with Gasteiger partial charge in [0.05, 0.1) is 6.61 Å². The Kier molecular flexibility index (Phi) is 56.5. The number of carboxylic acids is 1. The highest BCUT2D eigenvalue weighted by atomic mass is 16.7. The lowest BCUT2D eigenvalue weighted by Gasteiger charge is -2.40. The quantitative estimate of drug-likeness (QED) is 0.0228. The first-order chi connectivity index (χ1) is 42.6. The van der Waals surface area contributed by atoms with Crippen LogP contribution in [0.15, 0.2) is 122 Å². The van der Waals surface area contributed by atoms with Crippen molar-refractivity contribution >= 4 is 23.9 Å². The molecule has 0 amide bonds. The van der Waals surface area contributed by atoms with E-state index in [0.29, 0.717) is 19.3 Å². The minimum Gasteiger partial charge on any atom is -0.479 e. The third-order valence-electron chi connectivity index (χ3n) is 15.0. The summed E-state index contributed by atoms with van der Waals surface area (Å²) in [7, 11) is 0. The fourth-order valence-corrected chi connectivity index (χ4v) is 9.73. The molecule has 0 bridgehead atoms. The predicted octanol–water partition coefficient (Wildman–Crippen LogP) is 19.1. The summed E-state index contributed by atoms with van der Waals surface area (Å²) in [6.45, 7) is 5.82. The largest absolute Gasteiger partial charge is 0.479 e. The second-order valence-electron chi connectivity index (χ2n) is 23.1. The fourth-order valence-electron chi connectivity index (χ4n) is 9.73. The molecule has 12 nitrogen and oxygen atoms in total. The van der Waals surface area contributed by atoms with E-state index in [-0.39, 0.29) is 25.9 Å². The highest BCUT2D eigenvalue weighted by molar-refractivity contribution is 5.74. The van der Waals surface area contributed by atoms with E-state index in [2.05, 4.69) is 142 Å². The Labute approximate surface area is 528 Å². The van der Waals surface area contributed by atoms with Crippen molar-refractivity contribution in [2.24, 2.45) is 0 Å². The van der Waals surface area contributed by atoms with Crippen molar-refractivity contribution in [3.05, 3.63) is 122 Å². The summed E-state index contributed by atoms with van der Waals surface area (Å²) in [6, 6.07) is 0. The maximum Gasteiger partial charge on any atom is 0.335 e. The molecular formula is C75H122O12. The second-order valence-corrected chi connectivity index (χ2v) is 23.1. The Morgan fingerprint density at radius 1 is 0.391 bits per heavy atom. The van der Waals surface area contributed by atoms with E-state index in [1.54, 1.807) is 0 Å². The maximum atomic E-state index is 13.2. The van der Waals surface area contributed by atoms with Crippen molar-refractivity contribution < 1.29 is 58.2 Å². The molecule has 87 heavy (non-hydrogen) atoms. The average molecular weight is 1220 g/mol. The average Bonchev–Trinajstić information content (AvgIpc) is 2.56. The van der Waals surface area contributed by atoms with Gasteiger partial charge in [0.25, 0.3) is 0 Å². The van der Waals surface area contributed by atoms with E-state index in [0.717, 1.165) is 141 Å². The summed E-state index contributed by atoms with van der Waals surface area (Å²) in [4.78, 5) is 51.5. The minimum atomic E-state index is -1.92. The van der Waals surface area contributed by atoms with Gasteiger partial charge in [-0.25, -0.2) is 4.79 Å². The first kappa shape index (κ1) is 80.1. The fraction of sp³-hybridized carbons (Fsp3) is 0.680. The Morgan fingerprint density at radius 2 is 0.724 bits per heavy atom. The SMILES string of the molecule is CC/C=C\C/C=C\C/C=C\C/C=C\C/C=C\CCCCCC(=O)OCC(COC1OC(C(=O)O)C(O)C(O)C1OC(=O)CCCCCCCCCCC/C=C\C/C=C\CCCCC)OC(=O)CCCCCCCC/C=C\C/C=C\C/C=C\CCCCC. The molecule has 1 aliphatic heterocycles. The first-order valence-electron chi connectivity index (χ1n) is 34.5. The lowest BCUT2D eigenvalue weighted by molar-refractivity contribution is -0.301. The highest BCUT2D eigenvalue weighted by Crippen LogP contribution is 2.27. The van der Waals surface area contributed by atoms with E-state index >= 15 is 0 Å².